The van der Waals surface area contributed by atoms with Crippen molar-refractivity contribution in [3.63, 3.8) is 0 Å². The highest BCUT2D eigenvalue weighted by Gasteiger charge is 2.05. The van der Waals surface area contributed by atoms with Crippen LogP contribution < -0.4 is 16.4 Å². The van der Waals surface area contributed by atoms with Crippen molar-refractivity contribution in [2.24, 2.45) is 5.73 Å². The van der Waals surface area contributed by atoms with Gasteiger partial charge in [-0.2, -0.15) is 0 Å². The average Bonchev–Trinajstić information content (AvgIpc) is 2.21. The first-order valence-corrected chi connectivity index (χ1v) is 4.14. The Morgan fingerprint density at radius 1 is 1.57 bits per heavy atom. The molecule has 4 N–H and O–H groups in total. The molecule has 4 nitrogen and oxygen atoms in total. The lowest BCUT2D eigenvalue weighted by atomic mass is 10.2. The topological polar surface area (TPSA) is 67.2 Å². The maximum absolute atomic E-state index is 13.1. The lowest BCUT2D eigenvalue weighted by Crippen LogP contribution is -2.25. The van der Waals surface area contributed by atoms with Crippen LogP contribution >= 0.6 is 0 Å². The third-order valence-electron chi connectivity index (χ3n) is 1.74. The predicted octanol–water partition coefficient (Wildman–Crippen LogP) is 1.04. The Kier molecular flexibility index (Phi) is 3.41. The zero-order valence-corrected chi connectivity index (χ0v) is 7.80. The van der Waals surface area contributed by atoms with Gasteiger partial charge in [0.2, 0.25) is 0 Å². The van der Waals surface area contributed by atoms with Crippen LogP contribution in [-0.2, 0) is 6.54 Å². The second kappa shape index (κ2) is 4.57. The zero-order chi connectivity index (χ0) is 10.6. The number of rotatable bonds is 2. The van der Waals surface area contributed by atoms with Crippen LogP contribution in [0.3, 0.4) is 0 Å². The van der Waals surface area contributed by atoms with Crippen molar-refractivity contribution in [2.45, 2.75) is 6.54 Å². The molecule has 0 aliphatic heterocycles. The molecule has 76 valence electrons. The Morgan fingerprint density at radius 3 is 2.86 bits per heavy atom. The van der Waals surface area contributed by atoms with Gasteiger partial charge in [0.1, 0.15) is 5.82 Å². The molecule has 0 saturated heterocycles. The number of nitrogens with two attached hydrogens (primary N) is 1. The second-order valence-electron chi connectivity index (χ2n) is 2.72. The Labute approximate surface area is 81.3 Å². The molecule has 1 aromatic rings. The molecule has 0 heterocycles. The first kappa shape index (κ1) is 10.5. The van der Waals surface area contributed by atoms with Crippen LogP contribution in [0.15, 0.2) is 18.2 Å². The van der Waals surface area contributed by atoms with E-state index >= 15 is 0 Å². The fourth-order valence-corrected chi connectivity index (χ4v) is 0.980. The van der Waals surface area contributed by atoms with Crippen molar-refractivity contribution in [1.82, 2.24) is 5.32 Å². The van der Waals surface area contributed by atoms with E-state index in [0.717, 1.165) is 5.56 Å². The summed E-state index contributed by atoms with van der Waals surface area (Å²) in [5.41, 5.74) is 6.27. The van der Waals surface area contributed by atoms with Gasteiger partial charge in [-0.1, -0.05) is 6.07 Å². The molecule has 0 radical (unpaired) electrons. The molecule has 0 fully saturated rings. The summed E-state index contributed by atoms with van der Waals surface area (Å²) in [4.78, 5) is 10.9. The van der Waals surface area contributed by atoms with Crippen LogP contribution in [0.2, 0.25) is 0 Å². The number of nitrogens with one attached hydrogen (secondary N) is 2. The summed E-state index contributed by atoms with van der Waals surface area (Å²) >= 11 is 0. The van der Waals surface area contributed by atoms with Crippen LogP contribution in [0.25, 0.3) is 0 Å². The fourth-order valence-electron chi connectivity index (χ4n) is 0.980. The van der Waals surface area contributed by atoms with Crippen molar-refractivity contribution >= 4 is 11.7 Å². The number of hydrogen-bond donors (Lipinski definition) is 3. The van der Waals surface area contributed by atoms with Crippen LogP contribution in [-0.4, -0.2) is 13.1 Å². The Morgan fingerprint density at radius 2 is 2.29 bits per heavy atom. The molecule has 14 heavy (non-hydrogen) atoms. The van der Waals surface area contributed by atoms with E-state index in [4.69, 9.17) is 5.73 Å². The van der Waals surface area contributed by atoms with Gasteiger partial charge >= 0.3 is 6.03 Å². The first-order valence-electron chi connectivity index (χ1n) is 4.14. The minimum absolute atomic E-state index is 0.132. The quantitative estimate of drug-likeness (QED) is 0.663. The van der Waals surface area contributed by atoms with Crippen LogP contribution in [0.5, 0.6) is 0 Å². The molecule has 0 aliphatic rings. The molecule has 0 bridgehead atoms. The minimum Gasteiger partial charge on any atom is -0.341 e. The summed E-state index contributed by atoms with van der Waals surface area (Å²) in [7, 11) is 1.46. The second-order valence-corrected chi connectivity index (χ2v) is 2.72. The van der Waals surface area contributed by atoms with Crippen molar-refractivity contribution in [3.05, 3.63) is 29.6 Å². The van der Waals surface area contributed by atoms with Crippen LogP contribution in [0.1, 0.15) is 5.56 Å². The van der Waals surface area contributed by atoms with E-state index in [1.165, 1.54) is 19.2 Å². The molecule has 0 saturated carbocycles. The molecular weight excluding hydrogens is 185 g/mol. The molecule has 0 aromatic heterocycles. The van der Waals surface area contributed by atoms with E-state index in [9.17, 15) is 9.18 Å². The SMILES string of the molecule is CNC(=O)Nc1cc(CN)ccc1F. The van der Waals surface area contributed by atoms with Gasteiger partial charge in [-0.05, 0) is 17.7 Å². The van der Waals surface area contributed by atoms with E-state index in [-0.39, 0.29) is 5.69 Å². The summed E-state index contributed by atoms with van der Waals surface area (Å²) in [6.07, 6.45) is 0. The smallest absolute Gasteiger partial charge is 0.319 e. The highest BCUT2D eigenvalue weighted by atomic mass is 19.1. The van der Waals surface area contributed by atoms with Gasteiger partial charge < -0.3 is 16.4 Å². The maximum atomic E-state index is 13.1. The Hall–Kier alpha value is -1.62. The fraction of sp³-hybridized carbons (Fsp3) is 0.222. The Balaban J connectivity index is 2.89. The van der Waals surface area contributed by atoms with E-state index < -0.39 is 11.8 Å². The Bertz CT molecular complexity index is 341. The van der Waals surface area contributed by atoms with Crippen molar-refractivity contribution in [1.29, 1.82) is 0 Å². The van der Waals surface area contributed by atoms with E-state index in [0.29, 0.717) is 6.54 Å². The number of urea groups is 1. The van der Waals surface area contributed by atoms with Crippen molar-refractivity contribution in [3.8, 4) is 0 Å². The molecule has 5 heteroatoms. The zero-order valence-electron chi connectivity index (χ0n) is 7.80. The summed E-state index contributed by atoms with van der Waals surface area (Å²) < 4.78 is 13.1. The van der Waals surface area contributed by atoms with E-state index in [1.807, 2.05) is 0 Å². The third-order valence-corrected chi connectivity index (χ3v) is 1.74. The molecule has 0 spiro atoms. The number of carbonyl (C=O) groups is 1. The molecular formula is C9H12FN3O. The molecule has 1 rings (SSSR count). The van der Waals surface area contributed by atoms with Gasteiger partial charge in [0.15, 0.2) is 0 Å². The van der Waals surface area contributed by atoms with Gasteiger partial charge in [-0.3, -0.25) is 0 Å². The maximum Gasteiger partial charge on any atom is 0.319 e. The number of amides is 2. The average molecular weight is 197 g/mol. The first-order chi connectivity index (χ1) is 6.67. The highest BCUT2D eigenvalue weighted by Crippen LogP contribution is 2.15. The van der Waals surface area contributed by atoms with Gasteiger partial charge in [-0.25, -0.2) is 9.18 Å². The van der Waals surface area contributed by atoms with Crippen molar-refractivity contribution in [2.75, 3.05) is 12.4 Å². The normalized spacial score (nSPS) is 9.64. The lowest BCUT2D eigenvalue weighted by Gasteiger charge is -2.06. The van der Waals surface area contributed by atoms with Gasteiger partial charge in [0.25, 0.3) is 0 Å². The molecule has 0 atom stereocenters. The van der Waals surface area contributed by atoms with Crippen molar-refractivity contribution < 1.29 is 9.18 Å². The standard InChI is InChI=1S/C9H12FN3O/c1-12-9(14)13-8-4-6(5-11)2-3-7(8)10/h2-4H,5,11H2,1H3,(H2,12,13,14). The molecule has 0 unspecified atom stereocenters. The van der Waals surface area contributed by atoms with Gasteiger partial charge in [-0.15, -0.1) is 0 Å². The predicted molar refractivity (Wildman–Crippen MR) is 52.4 cm³/mol. The highest BCUT2D eigenvalue weighted by molar-refractivity contribution is 5.89. The summed E-state index contributed by atoms with van der Waals surface area (Å²) in [5, 5.41) is 4.68. The summed E-state index contributed by atoms with van der Waals surface area (Å²) in [6, 6.07) is 3.89. The molecule has 2 amide bonds. The lowest BCUT2D eigenvalue weighted by molar-refractivity contribution is 0.254. The van der Waals surface area contributed by atoms with Crippen LogP contribution in [0, 0.1) is 5.82 Å². The number of carbonyl (C=O) groups excluding carboxylic acids is 1. The number of halogens is 1. The van der Waals surface area contributed by atoms with E-state index in [2.05, 4.69) is 10.6 Å². The monoisotopic (exact) mass is 197 g/mol. The number of hydrogen-bond acceptors (Lipinski definition) is 2. The minimum atomic E-state index is -0.481. The number of anilines is 1. The summed E-state index contributed by atoms with van der Waals surface area (Å²) in [6.45, 7) is 0.308. The van der Waals surface area contributed by atoms with Gasteiger partial charge in [0.05, 0.1) is 5.69 Å². The van der Waals surface area contributed by atoms with Gasteiger partial charge in [0, 0.05) is 13.6 Å². The largest absolute Gasteiger partial charge is 0.341 e. The van der Waals surface area contributed by atoms with Crippen LogP contribution in [0.4, 0.5) is 14.9 Å². The summed E-state index contributed by atoms with van der Waals surface area (Å²) in [5.74, 6) is -0.481. The molecule has 1 aromatic carbocycles. The number of benzene rings is 1. The molecule has 0 aliphatic carbocycles. The van der Waals surface area contributed by atoms with E-state index in [1.54, 1.807) is 6.07 Å². The third kappa shape index (κ3) is 2.43.